The zero-order valence-electron chi connectivity index (χ0n) is 19.7. The average molecular weight is 436 g/mol. The quantitative estimate of drug-likeness (QED) is 0.556. The van der Waals surface area contributed by atoms with E-state index in [1.54, 1.807) is 6.20 Å². The summed E-state index contributed by atoms with van der Waals surface area (Å²) in [4.78, 5) is 22.4. The number of carbonyl (C=O) groups excluding carboxylic acids is 1. The second-order valence-electron chi connectivity index (χ2n) is 9.10. The van der Waals surface area contributed by atoms with Crippen molar-refractivity contribution in [3.8, 4) is 0 Å². The van der Waals surface area contributed by atoms with Gasteiger partial charge in [0.1, 0.15) is 0 Å². The Bertz CT molecular complexity index is 1080. The molecule has 3 aromatic rings. The number of aromatic nitrogens is 3. The van der Waals surface area contributed by atoms with Crippen molar-refractivity contribution in [2.45, 2.75) is 52.3 Å². The molecule has 1 fully saturated rings. The Balaban J connectivity index is 1.63. The van der Waals surface area contributed by atoms with E-state index in [1.165, 1.54) is 0 Å². The van der Waals surface area contributed by atoms with Gasteiger partial charge >= 0.3 is 0 Å². The number of nitrogens with zero attached hydrogens (tertiary/aromatic N) is 5. The molecular weight excluding hydrogens is 402 g/mol. The average Bonchev–Trinajstić information content (AvgIpc) is 3.42. The van der Waals surface area contributed by atoms with Gasteiger partial charge in [-0.3, -0.25) is 4.79 Å². The lowest BCUT2D eigenvalue weighted by Gasteiger charge is -2.26. The van der Waals surface area contributed by atoms with Crippen LogP contribution in [0.15, 0.2) is 36.5 Å². The van der Waals surface area contributed by atoms with Crippen molar-refractivity contribution >= 4 is 22.6 Å². The number of rotatable bonds is 7. The Hall–Kier alpha value is -2.93. The van der Waals surface area contributed by atoms with E-state index in [0.717, 1.165) is 47.4 Å². The molecule has 1 aliphatic rings. The number of amides is 1. The Kier molecular flexibility index (Phi) is 6.46. The number of hydrogen-bond donors (Lipinski definition) is 0. The summed E-state index contributed by atoms with van der Waals surface area (Å²) < 4.78 is 7.75. The number of pyridine rings is 1. The van der Waals surface area contributed by atoms with Crippen LogP contribution in [0.5, 0.6) is 0 Å². The number of anilines is 1. The van der Waals surface area contributed by atoms with Crippen molar-refractivity contribution in [2.24, 2.45) is 0 Å². The van der Waals surface area contributed by atoms with Crippen molar-refractivity contribution in [2.75, 3.05) is 32.1 Å². The third-order valence-electron chi connectivity index (χ3n) is 6.04. The van der Waals surface area contributed by atoms with Crippen molar-refractivity contribution < 1.29 is 9.53 Å². The van der Waals surface area contributed by atoms with Gasteiger partial charge in [0, 0.05) is 50.9 Å². The Morgan fingerprint density at radius 2 is 2.00 bits per heavy atom. The first-order chi connectivity index (χ1) is 15.3. The van der Waals surface area contributed by atoms with Crippen LogP contribution >= 0.6 is 0 Å². The van der Waals surface area contributed by atoms with Gasteiger partial charge in [-0.15, -0.1) is 0 Å². The highest BCUT2D eigenvalue weighted by molar-refractivity contribution is 5.98. The van der Waals surface area contributed by atoms with Gasteiger partial charge in [-0.25, -0.2) is 9.67 Å². The van der Waals surface area contributed by atoms with Gasteiger partial charge in [0.25, 0.3) is 5.91 Å². The highest BCUT2D eigenvalue weighted by Crippen LogP contribution is 2.23. The highest BCUT2D eigenvalue weighted by atomic mass is 16.5. The second kappa shape index (κ2) is 9.28. The molecule has 2 aromatic heterocycles. The minimum Gasteiger partial charge on any atom is -0.378 e. The predicted octanol–water partition coefficient (Wildman–Crippen LogP) is 4.21. The van der Waals surface area contributed by atoms with E-state index in [1.807, 2.05) is 36.7 Å². The molecule has 32 heavy (non-hydrogen) atoms. The van der Waals surface area contributed by atoms with Crippen molar-refractivity contribution in [3.05, 3.63) is 53.3 Å². The lowest BCUT2D eigenvalue weighted by atomic mass is 10.1. The number of hydrogen-bond acceptors (Lipinski definition) is 5. The van der Waals surface area contributed by atoms with Crippen LogP contribution < -0.4 is 4.90 Å². The number of benzene rings is 1. The van der Waals surface area contributed by atoms with E-state index in [4.69, 9.17) is 9.72 Å². The van der Waals surface area contributed by atoms with Gasteiger partial charge in [0.05, 0.1) is 23.6 Å². The first-order valence-electron chi connectivity index (χ1n) is 11.4. The van der Waals surface area contributed by atoms with Gasteiger partial charge < -0.3 is 14.5 Å². The van der Waals surface area contributed by atoms with Crippen LogP contribution in [0.1, 0.15) is 54.3 Å². The number of ether oxygens (including phenoxy) is 1. The van der Waals surface area contributed by atoms with Crippen molar-refractivity contribution in [1.82, 2.24) is 19.7 Å². The molecule has 7 nitrogen and oxygen atoms in total. The van der Waals surface area contributed by atoms with E-state index in [-0.39, 0.29) is 18.1 Å². The third-order valence-corrected chi connectivity index (χ3v) is 6.04. The topological polar surface area (TPSA) is 63.5 Å². The van der Waals surface area contributed by atoms with Crippen LogP contribution in [0.3, 0.4) is 0 Å². The van der Waals surface area contributed by atoms with Crippen LogP contribution in [0.4, 0.5) is 5.69 Å². The maximum Gasteiger partial charge on any atom is 0.256 e. The van der Waals surface area contributed by atoms with Crippen LogP contribution in [-0.2, 0) is 11.3 Å². The normalized spacial score (nSPS) is 16.1. The number of aryl methyl sites for hydroxylation is 1. The third kappa shape index (κ3) is 4.63. The molecule has 0 spiro atoms. The largest absolute Gasteiger partial charge is 0.378 e. The van der Waals surface area contributed by atoms with Gasteiger partial charge in [-0.05, 0) is 57.4 Å². The van der Waals surface area contributed by atoms with Crippen LogP contribution in [-0.4, -0.2) is 58.9 Å². The maximum atomic E-state index is 13.7. The molecule has 0 bridgehead atoms. The number of fused-ring (bicyclic) bond motifs is 1. The van der Waals surface area contributed by atoms with Gasteiger partial charge in [0.2, 0.25) is 0 Å². The lowest BCUT2D eigenvalue weighted by Crippen LogP contribution is -2.37. The Labute approximate surface area is 190 Å². The van der Waals surface area contributed by atoms with Crippen LogP contribution in [0, 0.1) is 6.92 Å². The second-order valence-corrected chi connectivity index (χ2v) is 9.10. The molecule has 1 amide bonds. The minimum atomic E-state index is -0.0126. The fourth-order valence-electron chi connectivity index (χ4n) is 4.20. The molecule has 0 N–H and O–H groups in total. The minimum absolute atomic E-state index is 0.0126. The lowest BCUT2D eigenvalue weighted by molar-refractivity contribution is 0.0506. The summed E-state index contributed by atoms with van der Waals surface area (Å²) in [6, 6.07) is 10.5. The molecule has 1 unspecified atom stereocenters. The van der Waals surface area contributed by atoms with Gasteiger partial charge in [-0.1, -0.05) is 12.1 Å². The monoisotopic (exact) mass is 435 g/mol. The van der Waals surface area contributed by atoms with E-state index in [2.05, 4.69) is 48.1 Å². The molecular formula is C25H33N5O2. The van der Waals surface area contributed by atoms with E-state index < -0.39 is 0 Å². The van der Waals surface area contributed by atoms with Gasteiger partial charge in [-0.2, -0.15) is 5.10 Å². The summed E-state index contributed by atoms with van der Waals surface area (Å²) in [6.45, 7) is 7.94. The molecule has 1 aliphatic heterocycles. The molecule has 1 aromatic carbocycles. The first kappa shape index (κ1) is 22.3. The highest BCUT2D eigenvalue weighted by Gasteiger charge is 2.26. The predicted molar refractivity (Wildman–Crippen MR) is 127 cm³/mol. The summed E-state index contributed by atoms with van der Waals surface area (Å²) in [5, 5.41) is 5.35. The smallest absolute Gasteiger partial charge is 0.256 e. The molecule has 170 valence electrons. The summed E-state index contributed by atoms with van der Waals surface area (Å²) in [5.41, 5.74) is 4.41. The molecule has 1 atom stereocenters. The van der Waals surface area contributed by atoms with Gasteiger partial charge in [0.15, 0.2) is 5.65 Å². The fourth-order valence-corrected chi connectivity index (χ4v) is 4.20. The molecule has 3 heterocycles. The van der Waals surface area contributed by atoms with Crippen LogP contribution in [0.25, 0.3) is 11.0 Å². The molecule has 0 aliphatic carbocycles. The Morgan fingerprint density at radius 1 is 1.25 bits per heavy atom. The zero-order valence-corrected chi connectivity index (χ0v) is 19.7. The fraction of sp³-hybridized carbons (Fsp3) is 0.480. The molecule has 0 saturated carbocycles. The van der Waals surface area contributed by atoms with E-state index in [0.29, 0.717) is 18.7 Å². The standard InChI is InChI=1S/C25H33N5O2/c1-17(2)30-24-20(14-26-30)13-23(18(3)27-24)25(31)29(16-22-7-6-12-32-22)15-19-8-10-21(11-9-19)28(4)5/h8-11,13-14,17,22H,6-7,12,15-16H2,1-5H3. The van der Waals surface area contributed by atoms with E-state index >= 15 is 0 Å². The number of carbonyl (C=O) groups is 1. The summed E-state index contributed by atoms with van der Waals surface area (Å²) >= 11 is 0. The van der Waals surface area contributed by atoms with Crippen LogP contribution in [0.2, 0.25) is 0 Å². The molecule has 0 radical (unpaired) electrons. The summed E-state index contributed by atoms with van der Waals surface area (Å²) in [5.74, 6) is -0.0126. The molecule has 7 heteroatoms. The Morgan fingerprint density at radius 3 is 2.62 bits per heavy atom. The SMILES string of the molecule is Cc1nc2c(cnn2C(C)C)cc1C(=O)N(Cc1ccc(N(C)C)cc1)CC1CCCO1. The molecule has 4 rings (SSSR count). The van der Waals surface area contributed by atoms with E-state index in [9.17, 15) is 4.79 Å². The zero-order chi connectivity index (χ0) is 22.8. The van der Waals surface area contributed by atoms with Crippen molar-refractivity contribution in [3.63, 3.8) is 0 Å². The molecule has 1 saturated heterocycles. The maximum absolute atomic E-state index is 13.7. The van der Waals surface area contributed by atoms with Crippen molar-refractivity contribution in [1.29, 1.82) is 0 Å². The summed E-state index contributed by atoms with van der Waals surface area (Å²) in [6.07, 6.45) is 3.91. The first-order valence-corrected chi connectivity index (χ1v) is 11.4. The summed E-state index contributed by atoms with van der Waals surface area (Å²) in [7, 11) is 4.05.